The van der Waals surface area contributed by atoms with E-state index in [1.54, 1.807) is 25.3 Å². The second-order valence-corrected chi connectivity index (χ2v) is 7.35. The van der Waals surface area contributed by atoms with Crippen LogP contribution in [-0.2, 0) is 0 Å². The first-order chi connectivity index (χ1) is 13.5. The molecule has 1 fully saturated rings. The summed E-state index contributed by atoms with van der Waals surface area (Å²) < 4.78 is 5.21. The van der Waals surface area contributed by atoms with Crippen molar-refractivity contribution in [1.82, 2.24) is 10.2 Å². The predicted octanol–water partition coefficient (Wildman–Crippen LogP) is 3.95. The van der Waals surface area contributed by atoms with Gasteiger partial charge >= 0.3 is 6.03 Å². The van der Waals surface area contributed by atoms with Crippen molar-refractivity contribution in [2.75, 3.05) is 56.6 Å². The summed E-state index contributed by atoms with van der Waals surface area (Å²) in [6.07, 6.45) is 0. The minimum atomic E-state index is -0.254. The molecule has 0 atom stereocenters. The van der Waals surface area contributed by atoms with E-state index in [2.05, 4.69) is 32.6 Å². The number of anilines is 2. The maximum absolute atomic E-state index is 12.0. The molecule has 0 spiro atoms. The van der Waals surface area contributed by atoms with Gasteiger partial charge in [-0.05, 0) is 42.5 Å². The summed E-state index contributed by atoms with van der Waals surface area (Å²) in [6.45, 7) is 5.23. The quantitative estimate of drug-likeness (QED) is 0.739. The van der Waals surface area contributed by atoms with Gasteiger partial charge in [0, 0.05) is 50.6 Å². The predicted molar refractivity (Wildman–Crippen MR) is 115 cm³/mol. The van der Waals surface area contributed by atoms with Crippen LogP contribution in [0.4, 0.5) is 16.2 Å². The molecule has 0 aromatic heterocycles. The van der Waals surface area contributed by atoms with Crippen LogP contribution < -0.4 is 20.3 Å². The highest BCUT2D eigenvalue weighted by Crippen LogP contribution is 2.25. The Bertz CT molecular complexity index is 793. The number of nitrogens with zero attached hydrogens (tertiary/aromatic N) is 2. The fourth-order valence-corrected chi connectivity index (χ4v) is 3.40. The number of halogens is 2. The molecule has 6 nitrogen and oxygen atoms in total. The highest BCUT2D eigenvalue weighted by atomic mass is 35.5. The largest absolute Gasteiger partial charge is 0.497 e. The first-order valence-electron chi connectivity index (χ1n) is 9.16. The van der Waals surface area contributed by atoms with E-state index in [0.717, 1.165) is 38.5 Å². The standard InChI is InChI=1S/C20H24Cl2N4O2/c1-28-17-5-3-16(4-6-17)26-12-10-25(11-13-26)9-8-23-20(27)24-15-2-7-18(21)19(22)14-15/h2-7,14H,8-13H2,1H3,(H2,23,24,27). The van der Waals surface area contributed by atoms with Gasteiger partial charge in [-0.1, -0.05) is 23.2 Å². The molecule has 0 radical (unpaired) electrons. The van der Waals surface area contributed by atoms with Gasteiger partial charge in [0.05, 0.1) is 17.2 Å². The lowest BCUT2D eigenvalue weighted by Crippen LogP contribution is -2.48. The maximum Gasteiger partial charge on any atom is 0.319 e. The van der Waals surface area contributed by atoms with Gasteiger partial charge in [0.25, 0.3) is 0 Å². The Morgan fingerprint density at radius 3 is 2.39 bits per heavy atom. The summed E-state index contributed by atoms with van der Waals surface area (Å²) in [4.78, 5) is 16.7. The molecular weight excluding hydrogens is 399 g/mol. The first kappa shape index (κ1) is 20.6. The van der Waals surface area contributed by atoms with Gasteiger partial charge in [0.2, 0.25) is 0 Å². The third kappa shape index (κ3) is 5.67. The number of hydrogen-bond donors (Lipinski definition) is 2. The zero-order valence-electron chi connectivity index (χ0n) is 15.8. The Morgan fingerprint density at radius 1 is 1.04 bits per heavy atom. The maximum atomic E-state index is 12.0. The van der Waals surface area contributed by atoms with Crippen molar-refractivity contribution < 1.29 is 9.53 Å². The lowest BCUT2D eigenvalue weighted by molar-refractivity contribution is 0.240. The number of carbonyl (C=O) groups excluding carboxylic acids is 1. The highest BCUT2D eigenvalue weighted by molar-refractivity contribution is 6.42. The van der Waals surface area contributed by atoms with E-state index in [1.165, 1.54) is 5.69 Å². The molecule has 2 aromatic carbocycles. The molecule has 8 heteroatoms. The van der Waals surface area contributed by atoms with Crippen molar-refractivity contribution in [3.8, 4) is 5.75 Å². The first-order valence-corrected chi connectivity index (χ1v) is 9.92. The molecule has 2 aromatic rings. The number of hydrogen-bond acceptors (Lipinski definition) is 4. The number of nitrogens with one attached hydrogen (secondary N) is 2. The molecule has 1 saturated heterocycles. The van der Waals surface area contributed by atoms with Crippen molar-refractivity contribution in [2.24, 2.45) is 0 Å². The molecule has 0 bridgehead atoms. The summed E-state index contributed by atoms with van der Waals surface area (Å²) in [5.41, 5.74) is 1.82. The van der Waals surface area contributed by atoms with Crippen LogP contribution >= 0.6 is 23.2 Å². The second kappa shape index (κ2) is 9.87. The van der Waals surface area contributed by atoms with Crippen LogP contribution in [0.2, 0.25) is 10.0 Å². The fourth-order valence-electron chi connectivity index (χ4n) is 3.10. The molecule has 0 saturated carbocycles. The lowest BCUT2D eigenvalue weighted by atomic mass is 10.2. The topological polar surface area (TPSA) is 56.8 Å². The van der Waals surface area contributed by atoms with Crippen LogP contribution in [0.25, 0.3) is 0 Å². The van der Waals surface area contributed by atoms with Gasteiger partial charge in [-0.2, -0.15) is 0 Å². The average Bonchev–Trinajstić information content (AvgIpc) is 2.71. The van der Waals surface area contributed by atoms with E-state index >= 15 is 0 Å². The van der Waals surface area contributed by atoms with E-state index in [4.69, 9.17) is 27.9 Å². The molecule has 2 amide bonds. The minimum absolute atomic E-state index is 0.254. The van der Waals surface area contributed by atoms with E-state index in [0.29, 0.717) is 22.3 Å². The average molecular weight is 423 g/mol. The van der Waals surface area contributed by atoms with Gasteiger partial charge in [-0.25, -0.2) is 4.79 Å². The molecule has 1 aliphatic heterocycles. The minimum Gasteiger partial charge on any atom is -0.497 e. The Morgan fingerprint density at radius 2 is 1.75 bits per heavy atom. The number of carbonyl (C=O) groups is 1. The third-order valence-electron chi connectivity index (χ3n) is 4.70. The number of ether oxygens (including phenoxy) is 1. The van der Waals surface area contributed by atoms with Crippen LogP contribution in [0.5, 0.6) is 5.75 Å². The zero-order chi connectivity index (χ0) is 19.9. The zero-order valence-corrected chi connectivity index (χ0v) is 17.3. The van der Waals surface area contributed by atoms with Gasteiger partial charge in [0.15, 0.2) is 0 Å². The molecule has 28 heavy (non-hydrogen) atoms. The number of benzene rings is 2. The summed E-state index contributed by atoms with van der Waals surface area (Å²) in [7, 11) is 1.67. The number of methoxy groups -OCH3 is 1. The molecule has 2 N–H and O–H groups in total. The monoisotopic (exact) mass is 422 g/mol. The van der Waals surface area contributed by atoms with Crippen molar-refractivity contribution in [1.29, 1.82) is 0 Å². The van der Waals surface area contributed by atoms with Crippen molar-refractivity contribution in [2.45, 2.75) is 0 Å². The summed E-state index contributed by atoms with van der Waals surface area (Å²) in [5.74, 6) is 0.868. The molecule has 150 valence electrons. The third-order valence-corrected chi connectivity index (χ3v) is 5.44. The van der Waals surface area contributed by atoms with Crippen LogP contribution in [0.1, 0.15) is 0 Å². The Kier molecular flexibility index (Phi) is 7.25. The summed E-state index contributed by atoms with van der Waals surface area (Å²) in [6, 6.07) is 12.9. The van der Waals surface area contributed by atoms with Gasteiger partial charge in [-0.3, -0.25) is 4.90 Å². The van der Waals surface area contributed by atoms with Gasteiger partial charge in [0.1, 0.15) is 5.75 Å². The molecule has 1 heterocycles. The lowest BCUT2D eigenvalue weighted by Gasteiger charge is -2.36. The molecular formula is C20H24Cl2N4O2. The van der Waals surface area contributed by atoms with Crippen LogP contribution in [-0.4, -0.2) is 57.3 Å². The van der Waals surface area contributed by atoms with Crippen LogP contribution in [0.3, 0.4) is 0 Å². The van der Waals surface area contributed by atoms with E-state index in [-0.39, 0.29) is 6.03 Å². The van der Waals surface area contributed by atoms with Crippen LogP contribution in [0.15, 0.2) is 42.5 Å². The fraction of sp³-hybridized carbons (Fsp3) is 0.350. The van der Waals surface area contributed by atoms with Crippen LogP contribution in [0, 0.1) is 0 Å². The number of amides is 2. The van der Waals surface area contributed by atoms with Crippen molar-refractivity contribution in [3.63, 3.8) is 0 Å². The SMILES string of the molecule is COc1ccc(N2CCN(CCNC(=O)Nc3ccc(Cl)c(Cl)c3)CC2)cc1. The smallest absolute Gasteiger partial charge is 0.319 e. The van der Waals surface area contributed by atoms with Gasteiger partial charge in [-0.15, -0.1) is 0 Å². The van der Waals surface area contributed by atoms with Crippen molar-refractivity contribution >= 4 is 40.6 Å². The van der Waals surface area contributed by atoms with Crippen molar-refractivity contribution in [3.05, 3.63) is 52.5 Å². The molecule has 1 aliphatic rings. The Labute approximate surface area is 175 Å². The number of piperazine rings is 1. The molecule has 3 rings (SSSR count). The summed E-state index contributed by atoms with van der Waals surface area (Å²) >= 11 is 11.8. The van der Waals surface area contributed by atoms with E-state index < -0.39 is 0 Å². The summed E-state index contributed by atoms with van der Waals surface area (Å²) in [5, 5.41) is 6.50. The van der Waals surface area contributed by atoms with E-state index in [9.17, 15) is 4.79 Å². The normalized spacial score (nSPS) is 14.6. The molecule has 0 unspecified atom stereocenters. The van der Waals surface area contributed by atoms with Gasteiger partial charge < -0.3 is 20.3 Å². The highest BCUT2D eigenvalue weighted by Gasteiger charge is 2.17. The second-order valence-electron chi connectivity index (χ2n) is 6.54. The Hall–Kier alpha value is -2.15. The number of rotatable bonds is 6. The molecule has 0 aliphatic carbocycles. The van der Waals surface area contributed by atoms with E-state index in [1.807, 2.05) is 12.1 Å². The number of urea groups is 1. The Balaban J connectivity index is 1.36.